The molecule has 0 unspecified atom stereocenters. The summed E-state index contributed by atoms with van der Waals surface area (Å²) in [6.07, 6.45) is 23.5. The van der Waals surface area contributed by atoms with Crippen molar-refractivity contribution in [1.82, 2.24) is 24.9 Å². The number of anilines is 11. The van der Waals surface area contributed by atoms with Crippen LogP contribution in [0.15, 0.2) is 334 Å². The third kappa shape index (κ3) is 29.9. The minimum absolute atomic E-state index is 0.0774. The molecular weight excluding hydrogens is 1800 g/mol. The largest absolute Gasteiger partial charge is 0.497 e. The Morgan fingerprint density at radius 3 is 0.821 bits per heavy atom. The summed E-state index contributed by atoms with van der Waals surface area (Å²) >= 11 is 0. The van der Waals surface area contributed by atoms with E-state index >= 15 is 0 Å². The van der Waals surface area contributed by atoms with Crippen molar-refractivity contribution < 1.29 is 88.7 Å². The van der Waals surface area contributed by atoms with Crippen molar-refractivity contribution in [3.63, 3.8) is 0 Å². The predicted molar refractivity (Wildman–Crippen MR) is 532 cm³/mol. The fraction of sp³-hybridized carbons (Fsp3) is 0.0741. The number of carbonyl (C=O) groups is 5. The molecule has 10 aromatic carbocycles. The number of carbonyl (C=O) groups excluding carboxylic acids is 5. The number of nitrogens with one attached hydrogen (secondary N) is 5. The van der Waals surface area contributed by atoms with Gasteiger partial charge in [-0.3, -0.25) is 34.1 Å². The monoisotopic (exact) mass is 1890 g/mol. The minimum Gasteiger partial charge on any atom is -0.497 e. The standard InChI is InChI=1S/C23H21FN2O4.C22H19FN2O3.C21H16FN3O4.C21H18FN3O2.C21H17FN2O2/c1-28-20-13-16(14-21(29-2)22(20)30-3)19(27)11-6-15-5-4-12-25-23(15)26-18-9-7-17(24)8-10-18;1-27-20-12-6-16(14-21(20)28-2)19(26)11-5-15-4-3-13-24-22(15)25-18-9-7-17(23)8-10-18;1-29-20-11-5-15(13-18(20)25(27)28)19(26)10-4-14-3-2-12-23-21(14)24-17-8-6-16(22)7-9-17;1-27-20-11-5-15(13-18(20)23)19(26)10-4-14-3-2-12-24-21(14)25-17-8-6-16(22)7-9-17;1-26-19-11-4-15(5-12-19)20(25)13-6-16-3-2-14-23-21(16)24-18-9-7-17(22)8-10-18/h4-14H,1-3H3,(H,25,26);3-14H,1-2H3,(H,24,25);2-13H,1H3,(H,23,24);2-13H,23H2,1H3,(H,24,25);2-14H,1H3,(H,23,24)/b11-6+;11-5+;2*10-4+;13-6+. The smallest absolute Gasteiger partial charge is 0.311 e. The van der Waals surface area contributed by atoms with E-state index in [1.165, 1.54) is 159 Å². The Hall–Kier alpha value is -18.8. The lowest BCUT2D eigenvalue weighted by Gasteiger charge is -2.13. The Labute approximate surface area is 802 Å². The number of pyridine rings is 5. The lowest BCUT2D eigenvalue weighted by Crippen LogP contribution is -2.01. The van der Waals surface area contributed by atoms with E-state index < -0.39 is 10.7 Å². The summed E-state index contributed by atoms with van der Waals surface area (Å²) < 4.78 is 107. The minimum atomic E-state index is -0.606. The maximum absolute atomic E-state index is 13.1. The number of halogens is 5. The molecule has 140 heavy (non-hydrogen) atoms. The van der Waals surface area contributed by atoms with Crippen LogP contribution in [0.3, 0.4) is 0 Å². The van der Waals surface area contributed by atoms with Crippen LogP contribution in [-0.4, -0.2) is 116 Å². The van der Waals surface area contributed by atoms with Gasteiger partial charge in [0, 0.05) is 121 Å². The first-order valence-electron chi connectivity index (χ1n) is 42.3. The average molecular weight is 1890 g/mol. The molecule has 0 aliphatic heterocycles. The van der Waals surface area contributed by atoms with Gasteiger partial charge < -0.3 is 70.2 Å². The summed E-state index contributed by atoms with van der Waals surface area (Å²) in [5.74, 6) is 3.51. The van der Waals surface area contributed by atoms with E-state index in [9.17, 15) is 56.0 Å². The van der Waals surface area contributed by atoms with Crippen LogP contribution in [0.4, 0.5) is 90.9 Å². The molecule has 32 heteroatoms. The molecule has 0 aliphatic carbocycles. The molecule has 5 aromatic heterocycles. The summed E-state index contributed by atoms with van der Waals surface area (Å²) in [5.41, 5.74) is 14.9. The summed E-state index contributed by atoms with van der Waals surface area (Å²) in [6, 6.07) is 71.5. The number of nitrogen functional groups attached to an aromatic ring is 1. The van der Waals surface area contributed by atoms with Crippen molar-refractivity contribution in [3.8, 4) is 46.0 Å². The molecule has 27 nitrogen and oxygen atoms in total. The van der Waals surface area contributed by atoms with Gasteiger partial charge in [0.25, 0.3) is 0 Å². The summed E-state index contributed by atoms with van der Waals surface area (Å²) in [7, 11) is 12.0. The average Bonchev–Trinajstić information content (AvgIpc) is 0.785. The molecule has 0 saturated heterocycles. The number of aromatic nitrogens is 5. The molecule has 0 bridgehead atoms. The Morgan fingerprint density at radius 1 is 0.286 bits per heavy atom. The molecule has 0 spiro atoms. The van der Waals surface area contributed by atoms with Crippen LogP contribution >= 0.6 is 0 Å². The van der Waals surface area contributed by atoms with Crippen molar-refractivity contribution >= 4 is 128 Å². The first kappa shape index (κ1) is 102. The van der Waals surface area contributed by atoms with Gasteiger partial charge in [0.05, 0.1) is 67.5 Å². The van der Waals surface area contributed by atoms with Gasteiger partial charge in [0.2, 0.25) is 5.75 Å². The summed E-state index contributed by atoms with van der Waals surface area (Å²) in [5, 5.41) is 26.7. The molecule has 708 valence electrons. The molecule has 15 rings (SSSR count). The molecule has 0 saturated carbocycles. The number of allylic oxidation sites excluding steroid dienone is 5. The highest BCUT2D eigenvalue weighted by Crippen LogP contribution is 2.39. The summed E-state index contributed by atoms with van der Waals surface area (Å²) in [6.45, 7) is 0. The van der Waals surface area contributed by atoms with Crippen molar-refractivity contribution in [3.05, 3.63) is 429 Å². The second-order valence-corrected chi connectivity index (χ2v) is 29.2. The van der Waals surface area contributed by atoms with Crippen molar-refractivity contribution in [1.29, 1.82) is 0 Å². The Bertz CT molecular complexity index is 6960. The van der Waals surface area contributed by atoms with E-state index in [0.29, 0.717) is 137 Å². The SMILES string of the molecule is COc1cc(C(=O)/C=C/c2cccnc2Nc2ccc(F)cc2)cc(OC)c1OC.COc1ccc(C(=O)/C=C/c2cccnc2Nc2ccc(F)cc2)cc1.COc1ccc(C(=O)/C=C/c2cccnc2Nc2ccc(F)cc2)cc1N.COc1ccc(C(=O)/C=C/c2cccnc2Nc2ccc(F)cc2)cc1OC.COc1ccc(C(=O)/C=C/c2cccnc2Nc2ccc(F)cc2)cc1[N+](=O)[O-]. The topological polar surface area (TPSA) is 353 Å². The van der Waals surface area contributed by atoms with Crippen LogP contribution in [0.5, 0.6) is 46.0 Å². The second kappa shape index (κ2) is 51.5. The van der Waals surface area contributed by atoms with Crippen LogP contribution in [0.1, 0.15) is 79.6 Å². The molecular formula is C108H91F5N12O15. The number of rotatable bonds is 34. The van der Waals surface area contributed by atoms with Crippen LogP contribution < -0.4 is 70.2 Å². The molecule has 7 N–H and O–H groups in total. The number of ether oxygens (including phenoxy) is 8. The number of nitrogens with two attached hydrogens (primary N) is 1. The van der Waals surface area contributed by atoms with Gasteiger partial charge in [0.15, 0.2) is 57.7 Å². The van der Waals surface area contributed by atoms with Gasteiger partial charge in [0.1, 0.15) is 69.7 Å². The normalized spacial score (nSPS) is 10.7. The number of hydrogen-bond acceptors (Lipinski definition) is 26. The third-order valence-electron chi connectivity index (χ3n) is 20.0. The zero-order valence-electron chi connectivity index (χ0n) is 76.4. The number of nitro benzene ring substituents is 1. The maximum Gasteiger partial charge on any atom is 0.311 e. The van der Waals surface area contributed by atoms with Crippen molar-refractivity contribution in [2.24, 2.45) is 0 Å². The fourth-order valence-corrected chi connectivity index (χ4v) is 12.8. The van der Waals surface area contributed by atoms with E-state index in [0.717, 1.165) is 16.7 Å². The molecule has 0 radical (unpaired) electrons. The van der Waals surface area contributed by atoms with Gasteiger partial charge in [-0.05, 0) is 328 Å². The predicted octanol–water partition coefficient (Wildman–Crippen LogP) is 23.9. The number of methoxy groups -OCH3 is 8. The third-order valence-corrected chi connectivity index (χ3v) is 20.0. The van der Waals surface area contributed by atoms with Gasteiger partial charge >= 0.3 is 5.69 Å². The number of nitro groups is 1. The maximum atomic E-state index is 13.1. The number of benzene rings is 10. The Kier molecular flexibility index (Phi) is 37.4. The Morgan fingerprint density at radius 2 is 0.543 bits per heavy atom. The molecule has 0 atom stereocenters. The van der Waals surface area contributed by atoms with Crippen molar-refractivity contribution in [2.45, 2.75) is 0 Å². The molecule has 0 amide bonds. The Balaban J connectivity index is 0.000000168. The number of nitrogens with zero attached hydrogens (tertiary/aromatic N) is 6. The molecule has 15 aromatic rings. The highest BCUT2D eigenvalue weighted by molar-refractivity contribution is 6.11. The number of hydrogen-bond donors (Lipinski definition) is 6. The highest BCUT2D eigenvalue weighted by Gasteiger charge is 2.21. The van der Waals surface area contributed by atoms with Gasteiger partial charge in [-0.1, -0.05) is 0 Å². The number of ketones is 5. The van der Waals surface area contributed by atoms with Gasteiger partial charge in [-0.2, -0.15) is 0 Å². The van der Waals surface area contributed by atoms with Crippen LogP contribution in [0.2, 0.25) is 0 Å². The van der Waals surface area contributed by atoms with Crippen LogP contribution in [0.25, 0.3) is 30.4 Å². The first-order valence-corrected chi connectivity index (χ1v) is 42.3. The van der Waals surface area contributed by atoms with Gasteiger partial charge in [-0.15, -0.1) is 0 Å². The zero-order valence-corrected chi connectivity index (χ0v) is 76.4. The molecule has 5 heterocycles. The first-order chi connectivity index (χ1) is 67.8. The van der Waals surface area contributed by atoms with E-state index in [-0.39, 0.29) is 69.2 Å². The van der Waals surface area contributed by atoms with Crippen LogP contribution in [-0.2, 0) is 0 Å². The van der Waals surface area contributed by atoms with E-state index in [1.54, 1.807) is 238 Å². The quantitative estimate of drug-likeness (QED) is 0.00545. The van der Waals surface area contributed by atoms with E-state index in [4.69, 9.17) is 43.6 Å². The van der Waals surface area contributed by atoms with Crippen LogP contribution in [0, 0.1) is 39.2 Å². The second-order valence-electron chi connectivity index (χ2n) is 29.2. The lowest BCUT2D eigenvalue weighted by atomic mass is 10.1. The summed E-state index contributed by atoms with van der Waals surface area (Å²) in [4.78, 5) is 94.4. The molecule has 0 fully saturated rings. The fourth-order valence-electron chi connectivity index (χ4n) is 12.8. The lowest BCUT2D eigenvalue weighted by molar-refractivity contribution is -0.385. The van der Waals surface area contributed by atoms with Crippen molar-refractivity contribution in [2.75, 3.05) is 89.2 Å². The van der Waals surface area contributed by atoms with E-state index in [1.807, 2.05) is 24.3 Å². The van der Waals surface area contributed by atoms with Gasteiger partial charge in [-0.25, -0.2) is 46.9 Å². The highest BCUT2D eigenvalue weighted by atomic mass is 19.1. The molecule has 0 aliphatic rings. The van der Waals surface area contributed by atoms with E-state index in [2.05, 4.69) is 51.5 Å². The zero-order chi connectivity index (χ0) is 99.8.